The SMILES string of the molecule is CC1(C)c2cc(-c3ccc4c(c3)C(C)(C)c3cc(-c5cc6c(cc5-c5ccc(-c7ccccc7)cc5)C(C)(C)c5ccccc5-6)ccc3-4)ccc2-c2ccc(-c3ncccn3)cc21. The highest BCUT2D eigenvalue weighted by Crippen LogP contribution is 2.55. The zero-order valence-electron chi connectivity index (χ0n) is 36.7. The minimum Gasteiger partial charge on any atom is -0.237 e. The van der Waals surface area contributed by atoms with Crippen LogP contribution in [0.4, 0.5) is 0 Å². The summed E-state index contributed by atoms with van der Waals surface area (Å²) in [6.07, 6.45) is 3.63. The first-order chi connectivity index (χ1) is 30.5. The van der Waals surface area contributed by atoms with Crippen LogP contribution in [-0.4, -0.2) is 9.97 Å². The van der Waals surface area contributed by atoms with Gasteiger partial charge in [-0.15, -0.1) is 0 Å². The van der Waals surface area contributed by atoms with E-state index in [0.29, 0.717) is 0 Å². The Bertz CT molecular complexity index is 3330. The maximum atomic E-state index is 4.54. The predicted octanol–water partition coefficient (Wildman–Crippen LogP) is 15.7. The Morgan fingerprint density at radius 3 is 1.25 bits per heavy atom. The summed E-state index contributed by atoms with van der Waals surface area (Å²) in [4.78, 5) is 9.08. The minimum absolute atomic E-state index is 0.0949. The number of aromatic nitrogens is 2. The molecule has 0 atom stereocenters. The number of nitrogens with zero attached hydrogens (tertiary/aromatic N) is 2. The lowest BCUT2D eigenvalue weighted by Crippen LogP contribution is -2.16. The number of benzene rings is 8. The molecule has 0 saturated carbocycles. The first-order valence-electron chi connectivity index (χ1n) is 22.3. The maximum absolute atomic E-state index is 4.54. The van der Waals surface area contributed by atoms with Crippen LogP contribution in [0.25, 0.3) is 89.3 Å². The second kappa shape index (κ2) is 13.4. The molecule has 2 heteroatoms. The van der Waals surface area contributed by atoms with Crippen LogP contribution in [0, 0.1) is 0 Å². The Balaban J connectivity index is 0.933. The lowest BCUT2D eigenvalue weighted by molar-refractivity contribution is 0.659. The Hall–Kier alpha value is -7.16. The van der Waals surface area contributed by atoms with Gasteiger partial charge in [0.25, 0.3) is 0 Å². The summed E-state index contributed by atoms with van der Waals surface area (Å²) in [5, 5.41) is 0. The molecule has 2 nitrogen and oxygen atoms in total. The van der Waals surface area contributed by atoms with Crippen LogP contribution in [0.5, 0.6) is 0 Å². The smallest absolute Gasteiger partial charge is 0.159 e. The fourth-order valence-corrected chi connectivity index (χ4v) is 11.3. The number of fused-ring (bicyclic) bond motifs is 9. The third-order valence-corrected chi connectivity index (χ3v) is 14.8. The Labute approximate surface area is 371 Å². The number of hydrogen-bond acceptors (Lipinski definition) is 2. The molecule has 1 aromatic heterocycles. The number of rotatable bonds is 5. The third-order valence-electron chi connectivity index (χ3n) is 14.8. The fourth-order valence-electron chi connectivity index (χ4n) is 11.3. The van der Waals surface area contributed by atoms with Crippen molar-refractivity contribution >= 4 is 0 Å². The zero-order chi connectivity index (χ0) is 42.8. The quantitative estimate of drug-likeness (QED) is 0.173. The van der Waals surface area contributed by atoms with Gasteiger partial charge in [-0.25, -0.2) is 9.97 Å². The molecule has 0 N–H and O–H groups in total. The molecular weight excluding hydrogens is 761 g/mol. The van der Waals surface area contributed by atoms with Gasteiger partial charge in [-0.2, -0.15) is 0 Å². The van der Waals surface area contributed by atoms with Gasteiger partial charge in [0.2, 0.25) is 0 Å². The summed E-state index contributed by atoms with van der Waals surface area (Å²) in [7, 11) is 0. The average molecular weight is 809 g/mol. The first-order valence-corrected chi connectivity index (χ1v) is 22.3. The van der Waals surface area contributed by atoms with Gasteiger partial charge in [0.15, 0.2) is 5.82 Å². The van der Waals surface area contributed by atoms with Crippen molar-refractivity contribution in [1.82, 2.24) is 9.97 Å². The molecule has 63 heavy (non-hydrogen) atoms. The van der Waals surface area contributed by atoms with Gasteiger partial charge in [0.1, 0.15) is 0 Å². The van der Waals surface area contributed by atoms with Gasteiger partial charge in [0.05, 0.1) is 0 Å². The Kier molecular flexibility index (Phi) is 8.01. The standard InChI is InChI=1S/C61H48N2/c1-59(2)52-16-11-10-15-44(52)51-35-49(50(36-57(51)59)39-19-17-38(18-20-39)37-13-8-7-9-14-37)42-23-27-47-45-25-21-40(31-53(45)60(3,4)55(47)33-42)41-22-26-46-48-28-24-43(58-62-29-12-30-63-58)34-56(48)61(5,6)54(46)32-41/h7-36H,1-6H3. The van der Waals surface area contributed by atoms with Crippen molar-refractivity contribution in [3.8, 4) is 89.3 Å². The average Bonchev–Trinajstić information content (AvgIpc) is 3.80. The van der Waals surface area contributed by atoms with Crippen LogP contribution in [0.3, 0.4) is 0 Å². The summed E-state index contributed by atoms with van der Waals surface area (Å²) < 4.78 is 0. The van der Waals surface area contributed by atoms with E-state index >= 15 is 0 Å². The van der Waals surface area contributed by atoms with Gasteiger partial charge >= 0.3 is 0 Å². The Morgan fingerprint density at radius 1 is 0.254 bits per heavy atom. The van der Waals surface area contributed by atoms with E-state index in [2.05, 4.69) is 215 Å². The van der Waals surface area contributed by atoms with Crippen molar-refractivity contribution in [2.75, 3.05) is 0 Å². The molecule has 0 aliphatic heterocycles. The van der Waals surface area contributed by atoms with E-state index in [9.17, 15) is 0 Å². The van der Waals surface area contributed by atoms with Crippen molar-refractivity contribution in [2.24, 2.45) is 0 Å². The summed E-state index contributed by atoms with van der Waals surface area (Å²) in [5.41, 5.74) is 26.8. The van der Waals surface area contributed by atoms with E-state index in [1.807, 2.05) is 18.5 Å². The molecule has 302 valence electrons. The molecule has 0 fully saturated rings. The van der Waals surface area contributed by atoms with Crippen molar-refractivity contribution in [3.05, 3.63) is 216 Å². The monoisotopic (exact) mass is 808 g/mol. The van der Waals surface area contributed by atoms with Gasteiger partial charge in [-0.05, 0) is 154 Å². The maximum Gasteiger partial charge on any atom is 0.159 e. The van der Waals surface area contributed by atoms with E-state index in [1.165, 1.54) is 111 Å². The van der Waals surface area contributed by atoms with E-state index < -0.39 is 0 Å². The van der Waals surface area contributed by atoms with E-state index in [-0.39, 0.29) is 16.2 Å². The molecule has 3 aliphatic rings. The fraction of sp³-hybridized carbons (Fsp3) is 0.148. The molecular formula is C61H48N2. The van der Waals surface area contributed by atoms with Crippen molar-refractivity contribution in [1.29, 1.82) is 0 Å². The van der Waals surface area contributed by atoms with Gasteiger partial charge in [-0.3, -0.25) is 0 Å². The zero-order valence-corrected chi connectivity index (χ0v) is 36.7. The van der Waals surface area contributed by atoms with Gasteiger partial charge in [0, 0.05) is 34.2 Å². The topological polar surface area (TPSA) is 25.8 Å². The molecule has 0 radical (unpaired) electrons. The third kappa shape index (κ3) is 5.57. The van der Waals surface area contributed by atoms with Gasteiger partial charge < -0.3 is 0 Å². The molecule has 12 rings (SSSR count). The summed E-state index contributed by atoms with van der Waals surface area (Å²) >= 11 is 0. The molecule has 9 aromatic rings. The molecule has 0 saturated heterocycles. The second-order valence-corrected chi connectivity index (χ2v) is 19.4. The molecule has 0 spiro atoms. The lowest BCUT2D eigenvalue weighted by atomic mass is 9.78. The van der Waals surface area contributed by atoms with Crippen LogP contribution < -0.4 is 0 Å². The van der Waals surface area contributed by atoms with Crippen LogP contribution in [0.15, 0.2) is 182 Å². The summed E-state index contributed by atoms with van der Waals surface area (Å²) in [6, 6.07) is 63.9. The van der Waals surface area contributed by atoms with Crippen molar-refractivity contribution in [2.45, 2.75) is 57.8 Å². The van der Waals surface area contributed by atoms with Crippen LogP contribution in [-0.2, 0) is 16.2 Å². The highest BCUT2D eigenvalue weighted by Gasteiger charge is 2.39. The molecule has 0 bridgehead atoms. The molecule has 1 heterocycles. The van der Waals surface area contributed by atoms with E-state index in [1.54, 1.807) is 0 Å². The van der Waals surface area contributed by atoms with Gasteiger partial charge in [-0.1, -0.05) is 169 Å². The van der Waals surface area contributed by atoms with Crippen LogP contribution >= 0.6 is 0 Å². The summed E-state index contributed by atoms with van der Waals surface area (Å²) in [6.45, 7) is 14.3. The number of hydrogen-bond donors (Lipinski definition) is 0. The van der Waals surface area contributed by atoms with Crippen molar-refractivity contribution in [3.63, 3.8) is 0 Å². The largest absolute Gasteiger partial charge is 0.237 e. The molecule has 0 amide bonds. The van der Waals surface area contributed by atoms with E-state index in [0.717, 1.165) is 11.4 Å². The van der Waals surface area contributed by atoms with Crippen LogP contribution in [0.2, 0.25) is 0 Å². The normalized spacial score (nSPS) is 15.2. The van der Waals surface area contributed by atoms with E-state index in [4.69, 9.17) is 0 Å². The summed E-state index contributed by atoms with van der Waals surface area (Å²) in [5.74, 6) is 0.762. The minimum atomic E-state index is -0.193. The highest BCUT2D eigenvalue weighted by molar-refractivity contribution is 5.95. The Morgan fingerprint density at radius 2 is 0.651 bits per heavy atom. The molecule has 3 aliphatic carbocycles. The highest BCUT2D eigenvalue weighted by atomic mass is 14.8. The first kappa shape index (κ1) is 37.6. The molecule has 8 aromatic carbocycles. The predicted molar refractivity (Wildman–Crippen MR) is 262 cm³/mol. The second-order valence-electron chi connectivity index (χ2n) is 19.4. The lowest BCUT2D eigenvalue weighted by Gasteiger charge is -2.25. The van der Waals surface area contributed by atoms with Crippen molar-refractivity contribution < 1.29 is 0 Å². The van der Waals surface area contributed by atoms with Crippen LogP contribution in [0.1, 0.15) is 74.9 Å². The molecule has 0 unspecified atom stereocenters.